The Morgan fingerprint density at radius 2 is 2.00 bits per heavy atom. The van der Waals surface area contributed by atoms with Crippen molar-refractivity contribution in [3.63, 3.8) is 0 Å². The van der Waals surface area contributed by atoms with E-state index in [9.17, 15) is 0 Å². The van der Waals surface area contributed by atoms with Crippen LogP contribution in [0.25, 0.3) is 0 Å². The maximum absolute atomic E-state index is 6.22. The summed E-state index contributed by atoms with van der Waals surface area (Å²) in [7, 11) is 0. The van der Waals surface area contributed by atoms with Crippen molar-refractivity contribution in [1.29, 1.82) is 0 Å². The minimum Gasteiger partial charge on any atom is -0.481 e. The fourth-order valence-corrected chi connectivity index (χ4v) is 2.59. The summed E-state index contributed by atoms with van der Waals surface area (Å²) in [6.45, 7) is 6.22. The second-order valence-electron chi connectivity index (χ2n) is 6.45. The van der Waals surface area contributed by atoms with Crippen molar-refractivity contribution in [3.8, 4) is 5.75 Å². The van der Waals surface area contributed by atoms with Gasteiger partial charge in [-0.15, -0.1) is 12.4 Å². The molecule has 0 amide bonds. The van der Waals surface area contributed by atoms with Gasteiger partial charge in [0, 0.05) is 0 Å². The van der Waals surface area contributed by atoms with Crippen LogP contribution in [0.3, 0.4) is 0 Å². The number of benzene rings is 1. The van der Waals surface area contributed by atoms with Gasteiger partial charge in [-0.25, -0.2) is 0 Å². The van der Waals surface area contributed by atoms with E-state index in [0.29, 0.717) is 17.6 Å². The van der Waals surface area contributed by atoms with Crippen molar-refractivity contribution in [2.75, 3.05) is 0 Å². The Morgan fingerprint density at radius 3 is 2.61 bits per heavy atom. The molecule has 1 aliphatic carbocycles. The van der Waals surface area contributed by atoms with Crippen LogP contribution in [0, 0.1) is 0 Å². The first kappa shape index (κ1) is 17.8. The minimum atomic E-state index is -0.404. The van der Waals surface area contributed by atoms with Gasteiger partial charge in [-0.05, 0) is 49.8 Å². The van der Waals surface area contributed by atoms with E-state index in [-0.39, 0.29) is 18.5 Å². The first-order valence-corrected chi connectivity index (χ1v) is 7.87. The van der Waals surface area contributed by atoms with E-state index in [1.165, 1.54) is 5.56 Å². The lowest BCUT2D eigenvalue weighted by Gasteiger charge is -2.34. The number of hydrogen-bond donors (Lipinski definition) is 1. The molecule has 2 N–H and O–H groups in total. The van der Waals surface area contributed by atoms with Crippen LogP contribution < -0.4 is 10.5 Å². The average Bonchev–Trinajstić information content (AvgIpc) is 2.95. The van der Waals surface area contributed by atoms with Gasteiger partial charge in [0.2, 0.25) is 0 Å². The van der Waals surface area contributed by atoms with Crippen LogP contribution in [0.5, 0.6) is 5.75 Å². The molecule has 1 aliphatic rings. The molecule has 1 heterocycles. The molecular weight excluding hydrogens is 314 g/mol. The van der Waals surface area contributed by atoms with Crippen molar-refractivity contribution < 1.29 is 9.26 Å². The van der Waals surface area contributed by atoms with Crippen LogP contribution in [0.15, 0.2) is 28.8 Å². The Labute approximate surface area is 143 Å². The molecule has 23 heavy (non-hydrogen) atoms. The van der Waals surface area contributed by atoms with Crippen molar-refractivity contribution in [1.82, 2.24) is 10.1 Å². The number of rotatable bonds is 5. The number of ether oxygens (including phenoxy) is 1. The number of nitrogens with two attached hydrogens (primary N) is 1. The van der Waals surface area contributed by atoms with E-state index in [1.807, 2.05) is 19.1 Å². The van der Waals surface area contributed by atoms with Gasteiger partial charge < -0.3 is 15.0 Å². The second kappa shape index (κ2) is 6.89. The van der Waals surface area contributed by atoms with Crippen molar-refractivity contribution in [2.45, 2.75) is 57.6 Å². The molecule has 1 aromatic carbocycles. The zero-order valence-electron chi connectivity index (χ0n) is 13.8. The molecule has 0 spiro atoms. The third-order valence-corrected chi connectivity index (χ3v) is 4.32. The summed E-state index contributed by atoms with van der Waals surface area (Å²) in [6.07, 6.45) is 2.65. The monoisotopic (exact) mass is 337 g/mol. The first-order valence-electron chi connectivity index (χ1n) is 7.87. The zero-order chi connectivity index (χ0) is 15.7. The summed E-state index contributed by atoms with van der Waals surface area (Å²) in [6, 6.07) is 8.09. The van der Waals surface area contributed by atoms with Gasteiger partial charge >= 0.3 is 0 Å². The van der Waals surface area contributed by atoms with E-state index < -0.39 is 5.54 Å². The van der Waals surface area contributed by atoms with E-state index in [4.69, 9.17) is 15.0 Å². The summed E-state index contributed by atoms with van der Waals surface area (Å²) in [5.74, 6) is 2.34. The molecule has 1 saturated carbocycles. The number of nitrogens with zero attached hydrogens (tertiary/aromatic N) is 2. The standard InChI is InChI=1S/C17H23N3O2.ClH/c1-11(2)13-6-4-7-14(10-13)21-12(3)15-19-16(20-22-15)17(18)8-5-9-17;/h4,6-7,10-12H,5,8-9,18H2,1-3H3;1H. The minimum absolute atomic E-state index is 0. The smallest absolute Gasteiger partial charge is 0.267 e. The normalized spacial score (nSPS) is 17.3. The summed E-state index contributed by atoms with van der Waals surface area (Å²) in [5.41, 5.74) is 7.06. The topological polar surface area (TPSA) is 74.2 Å². The predicted octanol–water partition coefficient (Wildman–Crippen LogP) is 4.09. The molecule has 0 aliphatic heterocycles. The van der Waals surface area contributed by atoms with Gasteiger partial charge in [0.1, 0.15) is 5.75 Å². The van der Waals surface area contributed by atoms with Crippen LogP contribution >= 0.6 is 12.4 Å². The number of halogens is 1. The molecule has 1 atom stereocenters. The molecule has 1 unspecified atom stereocenters. The number of hydrogen-bond acceptors (Lipinski definition) is 5. The van der Waals surface area contributed by atoms with Crippen LogP contribution in [0.2, 0.25) is 0 Å². The van der Waals surface area contributed by atoms with Gasteiger partial charge in [0.05, 0.1) is 5.54 Å². The van der Waals surface area contributed by atoms with E-state index in [2.05, 4.69) is 36.1 Å². The molecule has 1 fully saturated rings. The SMILES string of the molecule is CC(C)c1cccc(OC(C)c2nc(C3(N)CCC3)no2)c1.Cl. The molecule has 0 radical (unpaired) electrons. The van der Waals surface area contributed by atoms with Crippen molar-refractivity contribution >= 4 is 12.4 Å². The molecule has 6 heteroatoms. The third kappa shape index (κ3) is 3.67. The Morgan fingerprint density at radius 1 is 1.26 bits per heavy atom. The maximum Gasteiger partial charge on any atom is 0.267 e. The molecule has 2 aromatic rings. The molecule has 3 rings (SSSR count). The quantitative estimate of drug-likeness (QED) is 0.889. The summed E-state index contributed by atoms with van der Waals surface area (Å²) >= 11 is 0. The van der Waals surface area contributed by atoms with Crippen LogP contribution in [0.1, 0.15) is 69.3 Å². The highest BCUT2D eigenvalue weighted by Crippen LogP contribution is 2.37. The Kier molecular flexibility index (Phi) is 5.32. The first-order chi connectivity index (χ1) is 10.5. The van der Waals surface area contributed by atoms with Gasteiger partial charge in [0.25, 0.3) is 5.89 Å². The van der Waals surface area contributed by atoms with E-state index in [1.54, 1.807) is 0 Å². The summed E-state index contributed by atoms with van der Waals surface area (Å²) < 4.78 is 11.3. The molecule has 0 bridgehead atoms. The van der Waals surface area contributed by atoms with Crippen molar-refractivity contribution in [2.24, 2.45) is 5.73 Å². The predicted molar refractivity (Wildman–Crippen MR) is 90.8 cm³/mol. The lowest BCUT2D eigenvalue weighted by molar-refractivity contribution is 0.174. The summed E-state index contributed by atoms with van der Waals surface area (Å²) in [5, 5.41) is 4.03. The Balaban J connectivity index is 0.00000192. The fourth-order valence-electron chi connectivity index (χ4n) is 2.59. The fraction of sp³-hybridized carbons (Fsp3) is 0.529. The van der Waals surface area contributed by atoms with Crippen LogP contribution in [-0.4, -0.2) is 10.1 Å². The lowest BCUT2D eigenvalue weighted by Crippen LogP contribution is -2.44. The van der Waals surface area contributed by atoms with E-state index >= 15 is 0 Å². The lowest BCUT2D eigenvalue weighted by atomic mass is 9.77. The van der Waals surface area contributed by atoms with Gasteiger partial charge in [-0.3, -0.25) is 0 Å². The largest absolute Gasteiger partial charge is 0.481 e. The van der Waals surface area contributed by atoms with Crippen LogP contribution in [-0.2, 0) is 5.54 Å². The maximum atomic E-state index is 6.22. The highest BCUT2D eigenvalue weighted by atomic mass is 35.5. The van der Waals surface area contributed by atoms with Gasteiger partial charge in [-0.1, -0.05) is 31.1 Å². The molecule has 126 valence electrons. The van der Waals surface area contributed by atoms with Crippen LogP contribution in [0.4, 0.5) is 0 Å². The number of aromatic nitrogens is 2. The highest BCUT2D eigenvalue weighted by molar-refractivity contribution is 5.85. The zero-order valence-corrected chi connectivity index (χ0v) is 14.6. The van der Waals surface area contributed by atoms with Gasteiger partial charge in [0.15, 0.2) is 11.9 Å². The molecular formula is C17H24ClN3O2. The average molecular weight is 338 g/mol. The van der Waals surface area contributed by atoms with Gasteiger partial charge in [-0.2, -0.15) is 4.98 Å². The Bertz CT molecular complexity index is 653. The molecule has 0 saturated heterocycles. The molecule has 1 aromatic heterocycles. The molecule has 5 nitrogen and oxygen atoms in total. The second-order valence-corrected chi connectivity index (χ2v) is 6.45. The third-order valence-electron chi connectivity index (χ3n) is 4.32. The van der Waals surface area contributed by atoms with Crippen molar-refractivity contribution in [3.05, 3.63) is 41.5 Å². The Hall–Kier alpha value is -1.59. The van der Waals surface area contributed by atoms with E-state index in [0.717, 1.165) is 25.0 Å². The highest BCUT2D eigenvalue weighted by Gasteiger charge is 2.39. The summed E-state index contributed by atoms with van der Waals surface area (Å²) in [4.78, 5) is 4.43.